The molecule has 0 aliphatic carbocycles. The standard InChI is InChI=1S/C12H13NO2/c1-5-9-7-6-8-13-10(9)11(14)15-12(2,3)4/h1,6-8H,2-4H3. The maximum Gasteiger partial charge on any atom is 0.358 e. The highest BCUT2D eigenvalue weighted by Gasteiger charge is 2.20. The maximum absolute atomic E-state index is 11.7. The van der Waals surface area contributed by atoms with Crippen LogP contribution in [0.25, 0.3) is 0 Å². The molecule has 1 heterocycles. The summed E-state index contributed by atoms with van der Waals surface area (Å²) in [4.78, 5) is 15.6. The molecule has 0 radical (unpaired) electrons. The quantitative estimate of drug-likeness (QED) is 0.517. The zero-order valence-electron chi connectivity index (χ0n) is 9.07. The first-order chi connectivity index (χ1) is 6.94. The molecule has 0 bridgehead atoms. The van der Waals surface area contributed by atoms with Gasteiger partial charge in [-0.2, -0.15) is 0 Å². The minimum Gasteiger partial charge on any atom is -0.455 e. The topological polar surface area (TPSA) is 39.2 Å². The molecule has 0 spiro atoms. The van der Waals surface area contributed by atoms with Crippen LogP contribution in [0.3, 0.4) is 0 Å². The van der Waals surface area contributed by atoms with E-state index in [4.69, 9.17) is 11.2 Å². The van der Waals surface area contributed by atoms with E-state index < -0.39 is 11.6 Å². The minimum absolute atomic E-state index is 0.190. The number of nitrogens with zero attached hydrogens (tertiary/aromatic N) is 1. The fraction of sp³-hybridized carbons (Fsp3) is 0.333. The van der Waals surface area contributed by atoms with Crippen LogP contribution in [-0.4, -0.2) is 16.6 Å². The van der Waals surface area contributed by atoms with Gasteiger partial charge in [-0.3, -0.25) is 0 Å². The highest BCUT2D eigenvalue weighted by Crippen LogP contribution is 2.12. The Labute approximate surface area is 89.5 Å². The van der Waals surface area contributed by atoms with Crippen LogP contribution in [0.1, 0.15) is 36.8 Å². The van der Waals surface area contributed by atoms with Crippen LogP contribution in [0.2, 0.25) is 0 Å². The van der Waals surface area contributed by atoms with Crippen LogP contribution in [0, 0.1) is 12.3 Å². The van der Waals surface area contributed by atoms with Gasteiger partial charge in [0.15, 0.2) is 5.69 Å². The van der Waals surface area contributed by atoms with Gasteiger partial charge in [0.25, 0.3) is 0 Å². The van der Waals surface area contributed by atoms with Crippen LogP contribution in [-0.2, 0) is 4.74 Å². The molecule has 0 aliphatic rings. The minimum atomic E-state index is -0.541. The SMILES string of the molecule is C#Cc1cccnc1C(=O)OC(C)(C)C. The third-order valence-corrected chi connectivity index (χ3v) is 1.56. The molecule has 1 rings (SSSR count). The van der Waals surface area contributed by atoms with E-state index in [2.05, 4.69) is 10.9 Å². The molecule has 0 atom stereocenters. The van der Waals surface area contributed by atoms with E-state index in [0.29, 0.717) is 5.56 Å². The number of esters is 1. The highest BCUT2D eigenvalue weighted by molar-refractivity contribution is 5.90. The molecule has 0 N–H and O–H groups in total. The molecule has 0 aromatic carbocycles. The molecule has 15 heavy (non-hydrogen) atoms. The van der Waals surface area contributed by atoms with E-state index in [1.54, 1.807) is 32.9 Å². The third-order valence-electron chi connectivity index (χ3n) is 1.56. The number of ether oxygens (including phenoxy) is 1. The molecule has 1 aromatic heterocycles. The average molecular weight is 203 g/mol. The molecule has 0 saturated carbocycles. The lowest BCUT2D eigenvalue weighted by molar-refractivity contribution is 0.00625. The molecule has 0 saturated heterocycles. The van der Waals surface area contributed by atoms with E-state index >= 15 is 0 Å². The van der Waals surface area contributed by atoms with Crippen molar-refractivity contribution in [3.05, 3.63) is 29.6 Å². The number of pyridine rings is 1. The Morgan fingerprint density at radius 1 is 1.53 bits per heavy atom. The molecule has 3 heteroatoms. The molecule has 3 nitrogen and oxygen atoms in total. The van der Waals surface area contributed by atoms with E-state index in [1.165, 1.54) is 6.20 Å². The van der Waals surface area contributed by atoms with Gasteiger partial charge in [-0.05, 0) is 32.9 Å². The van der Waals surface area contributed by atoms with Crippen molar-refractivity contribution in [3.63, 3.8) is 0 Å². The Hall–Kier alpha value is -1.82. The average Bonchev–Trinajstić information content (AvgIpc) is 2.15. The molecule has 0 aliphatic heterocycles. The van der Waals surface area contributed by atoms with Crippen molar-refractivity contribution in [2.75, 3.05) is 0 Å². The number of rotatable bonds is 1. The molecule has 1 aromatic rings. The molecule has 78 valence electrons. The largest absolute Gasteiger partial charge is 0.455 e. The lowest BCUT2D eigenvalue weighted by atomic mass is 10.1. The molecule has 0 unspecified atom stereocenters. The monoisotopic (exact) mass is 203 g/mol. The van der Waals surface area contributed by atoms with E-state index in [9.17, 15) is 4.79 Å². The Balaban J connectivity index is 2.98. The lowest BCUT2D eigenvalue weighted by Gasteiger charge is -2.19. The van der Waals surface area contributed by atoms with Crippen LogP contribution >= 0.6 is 0 Å². The summed E-state index contributed by atoms with van der Waals surface area (Å²) in [6.45, 7) is 5.39. The first-order valence-corrected chi connectivity index (χ1v) is 4.59. The third kappa shape index (κ3) is 3.10. The van der Waals surface area contributed by atoms with Crippen molar-refractivity contribution in [2.24, 2.45) is 0 Å². The van der Waals surface area contributed by atoms with E-state index in [-0.39, 0.29) is 5.69 Å². The van der Waals surface area contributed by atoms with Gasteiger partial charge >= 0.3 is 5.97 Å². The Morgan fingerprint density at radius 3 is 2.73 bits per heavy atom. The molecular weight excluding hydrogens is 190 g/mol. The van der Waals surface area contributed by atoms with Gasteiger partial charge in [-0.25, -0.2) is 9.78 Å². The van der Waals surface area contributed by atoms with E-state index in [0.717, 1.165) is 0 Å². The summed E-state index contributed by atoms with van der Waals surface area (Å²) in [7, 11) is 0. The lowest BCUT2D eigenvalue weighted by Crippen LogP contribution is -2.25. The van der Waals surface area contributed by atoms with Crippen LogP contribution < -0.4 is 0 Å². The number of aromatic nitrogens is 1. The fourth-order valence-electron chi connectivity index (χ4n) is 1.01. The molecule has 0 fully saturated rings. The van der Waals surface area contributed by atoms with Crippen LogP contribution in [0.15, 0.2) is 18.3 Å². The van der Waals surface area contributed by atoms with Gasteiger partial charge in [0.05, 0.1) is 5.56 Å². The van der Waals surface area contributed by atoms with Gasteiger partial charge in [0.2, 0.25) is 0 Å². The number of carbonyl (C=O) groups excluding carboxylic acids is 1. The van der Waals surface area contributed by atoms with Crippen LogP contribution in [0.5, 0.6) is 0 Å². The smallest absolute Gasteiger partial charge is 0.358 e. The number of terminal acetylenes is 1. The summed E-state index contributed by atoms with van der Waals surface area (Å²) < 4.78 is 5.17. The van der Waals surface area contributed by atoms with Gasteiger partial charge in [-0.1, -0.05) is 5.92 Å². The predicted molar refractivity (Wildman–Crippen MR) is 57.3 cm³/mol. The molecule has 0 amide bonds. The van der Waals surface area contributed by atoms with Gasteiger partial charge in [0, 0.05) is 6.20 Å². The predicted octanol–water partition coefficient (Wildman–Crippen LogP) is 2.02. The Kier molecular flexibility index (Phi) is 3.11. The Morgan fingerprint density at radius 2 is 2.20 bits per heavy atom. The maximum atomic E-state index is 11.7. The van der Waals surface area contributed by atoms with E-state index in [1.807, 2.05) is 0 Å². The summed E-state index contributed by atoms with van der Waals surface area (Å²) in [6.07, 6.45) is 6.77. The molecular formula is C12H13NO2. The number of hydrogen-bond donors (Lipinski definition) is 0. The van der Waals surface area contributed by atoms with Crippen molar-refractivity contribution in [3.8, 4) is 12.3 Å². The van der Waals surface area contributed by atoms with Crippen molar-refractivity contribution < 1.29 is 9.53 Å². The first kappa shape index (κ1) is 11.3. The fourth-order valence-corrected chi connectivity index (χ4v) is 1.01. The van der Waals surface area contributed by atoms with Crippen molar-refractivity contribution >= 4 is 5.97 Å². The number of carbonyl (C=O) groups is 1. The normalized spacial score (nSPS) is 10.5. The second-order valence-electron chi connectivity index (χ2n) is 4.05. The second-order valence-corrected chi connectivity index (χ2v) is 4.05. The summed E-state index contributed by atoms with van der Waals surface area (Å²) >= 11 is 0. The first-order valence-electron chi connectivity index (χ1n) is 4.59. The Bertz CT molecular complexity index is 410. The zero-order chi connectivity index (χ0) is 11.5. The van der Waals surface area contributed by atoms with Crippen molar-refractivity contribution in [2.45, 2.75) is 26.4 Å². The van der Waals surface area contributed by atoms with Crippen molar-refractivity contribution in [1.82, 2.24) is 4.98 Å². The highest BCUT2D eigenvalue weighted by atomic mass is 16.6. The zero-order valence-corrected chi connectivity index (χ0v) is 9.07. The van der Waals surface area contributed by atoms with Gasteiger partial charge in [0.1, 0.15) is 5.60 Å². The summed E-state index contributed by atoms with van der Waals surface area (Å²) in [6, 6.07) is 3.34. The van der Waals surface area contributed by atoms with Gasteiger partial charge in [-0.15, -0.1) is 6.42 Å². The van der Waals surface area contributed by atoms with Crippen molar-refractivity contribution in [1.29, 1.82) is 0 Å². The summed E-state index contributed by atoms with van der Waals surface area (Å²) in [5.74, 6) is 1.91. The summed E-state index contributed by atoms with van der Waals surface area (Å²) in [5.41, 5.74) is 0.0992. The van der Waals surface area contributed by atoms with Gasteiger partial charge < -0.3 is 4.74 Å². The summed E-state index contributed by atoms with van der Waals surface area (Å²) in [5, 5.41) is 0. The van der Waals surface area contributed by atoms with Crippen LogP contribution in [0.4, 0.5) is 0 Å². The number of hydrogen-bond acceptors (Lipinski definition) is 3. The second kappa shape index (κ2) is 4.14.